The summed E-state index contributed by atoms with van der Waals surface area (Å²) < 4.78 is 38.9. The van der Waals surface area contributed by atoms with Crippen molar-refractivity contribution >= 4 is 18.3 Å². The largest absolute Gasteiger partial charge is 0.393 e. The van der Waals surface area contributed by atoms with Gasteiger partial charge in [0.1, 0.15) is 0 Å². The number of amides is 1. The van der Waals surface area contributed by atoms with Crippen molar-refractivity contribution in [2.75, 3.05) is 39.3 Å². The summed E-state index contributed by atoms with van der Waals surface area (Å²) in [5.41, 5.74) is 1.01. The van der Waals surface area contributed by atoms with E-state index in [1.54, 1.807) is 12.4 Å². The molecule has 2 unspecified atom stereocenters. The highest BCUT2D eigenvalue weighted by Crippen LogP contribution is 2.33. The Bertz CT molecular complexity index is 587. The molecule has 1 aromatic heterocycles. The molecule has 26 heavy (non-hydrogen) atoms. The number of alkyl halides is 3. The molecule has 1 amide bonds. The number of carbonyl (C=O) groups excluding carboxylic acids is 1. The van der Waals surface area contributed by atoms with Gasteiger partial charge in [0.15, 0.2) is 0 Å². The van der Waals surface area contributed by atoms with Crippen LogP contribution in [0.5, 0.6) is 0 Å². The lowest BCUT2D eigenvalue weighted by Gasteiger charge is -2.39. The standard InChI is InChI=1S/C17H23F3N4O.ClH/c18-17(19,20)14-4-2-7-24(11-14)16(25)12-23-8-6-22-10-15(23)13-3-1-5-21-9-13;/h1,3,5,9,14-15,22H,2,4,6-8,10-12H2;1H. The average Bonchev–Trinajstić information content (AvgIpc) is 2.62. The fourth-order valence-corrected chi connectivity index (χ4v) is 3.58. The number of halogens is 4. The van der Waals surface area contributed by atoms with E-state index in [1.165, 1.54) is 4.90 Å². The Labute approximate surface area is 157 Å². The predicted octanol–water partition coefficient (Wildman–Crippen LogP) is 2.25. The quantitative estimate of drug-likeness (QED) is 0.857. The molecule has 0 saturated carbocycles. The number of aromatic nitrogens is 1. The fourth-order valence-electron chi connectivity index (χ4n) is 3.58. The van der Waals surface area contributed by atoms with Crippen LogP contribution in [0.3, 0.4) is 0 Å². The van der Waals surface area contributed by atoms with Gasteiger partial charge in [-0.3, -0.25) is 14.7 Å². The summed E-state index contributed by atoms with van der Waals surface area (Å²) in [5, 5.41) is 3.30. The van der Waals surface area contributed by atoms with Crippen LogP contribution in [-0.4, -0.2) is 66.1 Å². The summed E-state index contributed by atoms with van der Waals surface area (Å²) in [6.45, 7) is 2.48. The molecule has 2 saturated heterocycles. The Morgan fingerprint density at radius 2 is 2.15 bits per heavy atom. The van der Waals surface area contributed by atoms with Gasteiger partial charge < -0.3 is 10.2 Å². The summed E-state index contributed by atoms with van der Waals surface area (Å²) in [6, 6.07) is 3.82. The monoisotopic (exact) mass is 392 g/mol. The Hall–Kier alpha value is -1.38. The summed E-state index contributed by atoms with van der Waals surface area (Å²) in [4.78, 5) is 20.1. The number of nitrogens with zero attached hydrogens (tertiary/aromatic N) is 3. The van der Waals surface area contributed by atoms with Crippen molar-refractivity contribution < 1.29 is 18.0 Å². The zero-order valence-electron chi connectivity index (χ0n) is 14.4. The highest BCUT2D eigenvalue weighted by molar-refractivity contribution is 5.85. The van der Waals surface area contributed by atoms with Gasteiger partial charge in [-0.2, -0.15) is 13.2 Å². The van der Waals surface area contributed by atoms with Gasteiger partial charge in [-0.05, 0) is 24.5 Å². The van der Waals surface area contributed by atoms with Crippen LogP contribution in [-0.2, 0) is 4.79 Å². The smallest absolute Gasteiger partial charge is 0.341 e. The molecule has 3 heterocycles. The number of carbonyl (C=O) groups is 1. The van der Waals surface area contributed by atoms with Crippen LogP contribution in [0, 0.1) is 5.92 Å². The Kier molecular flexibility index (Phi) is 7.25. The minimum Gasteiger partial charge on any atom is -0.341 e. The number of likely N-dealkylation sites (tertiary alicyclic amines) is 1. The first-order chi connectivity index (χ1) is 11.9. The second-order valence-corrected chi connectivity index (χ2v) is 6.70. The molecule has 2 atom stereocenters. The van der Waals surface area contributed by atoms with Gasteiger partial charge in [0.2, 0.25) is 5.91 Å². The maximum Gasteiger partial charge on any atom is 0.393 e. The molecule has 0 radical (unpaired) electrons. The minimum atomic E-state index is -4.23. The molecule has 0 bridgehead atoms. The maximum absolute atomic E-state index is 13.0. The third-order valence-corrected chi connectivity index (χ3v) is 5.00. The van der Waals surface area contributed by atoms with Crippen LogP contribution in [0.15, 0.2) is 24.5 Å². The number of pyridine rings is 1. The molecule has 2 fully saturated rings. The van der Waals surface area contributed by atoms with Crippen molar-refractivity contribution in [2.45, 2.75) is 25.1 Å². The lowest BCUT2D eigenvalue weighted by molar-refractivity contribution is -0.188. The zero-order chi connectivity index (χ0) is 17.9. The van der Waals surface area contributed by atoms with Gasteiger partial charge in [0.25, 0.3) is 0 Å². The van der Waals surface area contributed by atoms with E-state index < -0.39 is 12.1 Å². The maximum atomic E-state index is 13.0. The number of piperazine rings is 1. The van der Waals surface area contributed by atoms with Crippen molar-refractivity contribution in [1.82, 2.24) is 20.1 Å². The van der Waals surface area contributed by atoms with E-state index in [9.17, 15) is 18.0 Å². The van der Waals surface area contributed by atoms with Gasteiger partial charge in [-0.15, -0.1) is 12.4 Å². The molecule has 146 valence electrons. The molecular weight excluding hydrogens is 369 g/mol. The van der Waals surface area contributed by atoms with E-state index in [2.05, 4.69) is 10.3 Å². The third kappa shape index (κ3) is 5.08. The molecule has 0 aliphatic carbocycles. The van der Waals surface area contributed by atoms with E-state index in [1.807, 2.05) is 17.0 Å². The van der Waals surface area contributed by atoms with Crippen LogP contribution < -0.4 is 5.32 Å². The Morgan fingerprint density at radius 3 is 2.85 bits per heavy atom. The van der Waals surface area contributed by atoms with E-state index in [4.69, 9.17) is 0 Å². The van der Waals surface area contributed by atoms with Crippen molar-refractivity contribution in [3.8, 4) is 0 Å². The lowest BCUT2D eigenvalue weighted by Crippen LogP contribution is -2.52. The molecule has 0 aromatic carbocycles. The van der Waals surface area contributed by atoms with Crippen LogP contribution in [0.25, 0.3) is 0 Å². The van der Waals surface area contributed by atoms with Crippen LogP contribution in [0.2, 0.25) is 0 Å². The van der Waals surface area contributed by atoms with Crippen LogP contribution in [0.1, 0.15) is 24.4 Å². The van der Waals surface area contributed by atoms with Gasteiger partial charge in [0.05, 0.1) is 12.5 Å². The Balaban J connectivity index is 0.00000243. The molecule has 3 rings (SSSR count). The summed E-state index contributed by atoms with van der Waals surface area (Å²) >= 11 is 0. The molecule has 2 aliphatic rings. The van der Waals surface area contributed by atoms with Crippen molar-refractivity contribution in [2.24, 2.45) is 5.92 Å². The first kappa shape index (κ1) is 20.9. The Morgan fingerprint density at radius 1 is 1.35 bits per heavy atom. The number of rotatable bonds is 3. The number of piperidine rings is 1. The van der Waals surface area contributed by atoms with Gasteiger partial charge in [0, 0.05) is 51.2 Å². The molecule has 5 nitrogen and oxygen atoms in total. The number of nitrogens with one attached hydrogen (secondary N) is 1. The van der Waals surface area contributed by atoms with Gasteiger partial charge in [-0.25, -0.2) is 0 Å². The van der Waals surface area contributed by atoms with Gasteiger partial charge in [-0.1, -0.05) is 6.07 Å². The first-order valence-electron chi connectivity index (χ1n) is 8.64. The average molecular weight is 393 g/mol. The number of hydrogen-bond acceptors (Lipinski definition) is 4. The molecule has 1 N–H and O–H groups in total. The van der Waals surface area contributed by atoms with E-state index in [0.29, 0.717) is 26.1 Å². The fraction of sp³-hybridized carbons (Fsp3) is 0.647. The second-order valence-electron chi connectivity index (χ2n) is 6.70. The third-order valence-electron chi connectivity index (χ3n) is 5.00. The topological polar surface area (TPSA) is 48.5 Å². The summed E-state index contributed by atoms with van der Waals surface area (Å²) in [6.07, 6.45) is -0.245. The highest BCUT2D eigenvalue weighted by atomic mass is 35.5. The zero-order valence-corrected chi connectivity index (χ0v) is 15.2. The van der Waals surface area contributed by atoms with Gasteiger partial charge >= 0.3 is 6.18 Å². The predicted molar refractivity (Wildman–Crippen MR) is 94.0 cm³/mol. The number of hydrogen-bond donors (Lipinski definition) is 1. The summed E-state index contributed by atoms with van der Waals surface area (Å²) in [5.74, 6) is -1.62. The second kappa shape index (κ2) is 9.01. The lowest BCUT2D eigenvalue weighted by atomic mass is 9.97. The highest BCUT2D eigenvalue weighted by Gasteiger charge is 2.43. The van der Waals surface area contributed by atoms with Crippen LogP contribution in [0.4, 0.5) is 13.2 Å². The molecule has 2 aliphatic heterocycles. The van der Waals surface area contributed by atoms with Crippen molar-refractivity contribution in [3.05, 3.63) is 30.1 Å². The molecule has 0 spiro atoms. The van der Waals surface area contributed by atoms with E-state index in [-0.39, 0.29) is 43.9 Å². The SMILES string of the molecule is Cl.O=C(CN1CCNCC1c1cccnc1)N1CCCC(C(F)(F)F)C1. The summed E-state index contributed by atoms with van der Waals surface area (Å²) in [7, 11) is 0. The van der Waals surface area contributed by atoms with Crippen LogP contribution >= 0.6 is 12.4 Å². The first-order valence-corrected chi connectivity index (χ1v) is 8.64. The molecule has 1 aromatic rings. The van der Waals surface area contributed by atoms with E-state index in [0.717, 1.165) is 12.1 Å². The normalized spacial score (nSPS) is 24.8. The molecule has 9 heteroatoms. The van der Waals surface area contributed by atoms with Crippen molar-refractivity contribution in [1.29, 1.82) is 0 Å². The molecular formula is C17H24ClF3N4O. The van der Waals surface area contributed by atoms with Crippen molar-refractivity contribution in [3.63, 3.8) is 0 Å². The minimum absolute atomic E-state index is 0. The van der Waals surface area contributed by atoms with E-state index >= 15 is 0 Å².